The molecule has 0 aromatic carbocycles. The van der Waals surface area contributed by atoms with Crippen molar-refractivity contribution < 1.29 is 60.7 Å². The van der Waals surface area contributed by atoms with Crippen LogP contribution in [0, 0.1) is 0 Å². The maximum absolute atomic E-state index is 8.76. The van der Waals surface area contributed by atoms with Crippen LogP contribution in [0.3, 0.4) is 0 Å². The van der Waals surface area contributed by atoms with Crippen LogP contribution in [0.25, 0.3) is 0 Å². The fourth-order valence-electron chi connectivity index (χ4n) is 0. The summed E-state index contributed by atoms with van der Waals surface area (Å²) in [6, 6.07) is 0. The smallest absolute Gasteiger partial charge is 1.00 e. The van der Waals surface area contributed by atoms with Crippen molar-refractivity contribution >= 4 is 24.9 Å². The standard InChI is InChI=1S/Na.H2O4S.H2O3Se.H/c;1-5(2,3)4;1-4(2)3;/h;(H2,1,2,3,4);(H2,1,2,3);/q+1;;;-1. The van der Waals surface area contributed by atoms with Crippen LogP contribution in [0.1, 0.15) is 1.43 Å². The molecule has 0 fully saturated rings. The molecule has 0 amide bonds. The Morgan fingerprint density at radius 3 is 1.20 bits per heavy atom. The van der Waals surface area contributed by atoms with Crippen molar-refractivity contribution in [2.45, 2.75) is 0 Å². The molecule has 0 spiro atoms. The van der Waals surface area contributed by atoms with Crippen LogP contribution >= 0.6 is 0 Å². The second kappa shape index (κ2) is 8.21. The first-order valence-corrected chi connectivity index (χ1v) is 4.86. The average Bonchev–Trinajstić information content (AvgIpc) is 1.19. The minimum Gasteiger partial charge on any atom is -1.00 e. The maximum atomic E-state index is 8.76. The van der Waals surface area contributed by atoms with Crippen LogP contribution < -0.4 is 29.6 Å². The van der Waals surface area contributed by atoms with Gasteiger partial charge in [-0.2, -0.15) is 8.42 Å². The van der Waals surface area contributed by atoms with E-state index in [1.807, 2.05) is 0 Å². The fourth-order valence-corrected chi connectivity index (χ4v) is 0. The van der Waals surface area contributed by atoms with Crippen LogP contribution in [-0.4, -0.2) is 40.4 Å². The van der Waals surface area contributed by atoms with Crippen molar-refractivity contribution in [1.29, 1.82) is 0 Å². The first kappa shape index (κ1) is 17.3. The molecule has 60 valence electrons. The predicted molar refractivity (Wildman–Crippen MR) is 26.2 cm³/mol. The molecule has 0 bridgehead atoms. The van der Waals surface area contributed by atoms with Crippen LogP contribution in [-0.2, 0) is 14.2 Å². The van der Waals surface area contributed by atoms with E-state index in [0.717, 1.165) is 0 Å². The van der Waals surface area contributed by atoms with Crippen LogP contribution in [0.2, 0.25) is 0 Å². The molecule has 0 saturated heterocycles. The Hall–Kier alpha value is 1.11. The Kier molecular flexibility index (Phi) is 14.2. The van der Waals surface area contributed by atoms with E-state index in [-0.39, 0.29) is 31.0 Å². The van der Waals surface area contributed by atoms with Gasteiger partial charge in [-0.25, -0.2) is 0 Å². The Balaban J connectivity index is -0.0000000383. The number of rotatable bonds is 0. The summed E-state index contributed by atoms with van der Waals surface area (Å²) < 4.78 is 54.7. The van der Waals surface area contributed by atoms with E-state index >= 15 is 0 Å². The van der Waals surface area contributed by atoms with E-state index in [1.165, 1.54) is 0 Å². The monoisotopic (exact) mass is 252 g/mol. The molecule has 0 radical (unpaired) electrons. The molecule has 10 heavy (non-hydrogen) atoms. The topological polar surface area (TPSA) is 132 Å². The second-order valence-electron chi connectivity index (χ2n) is 0.679. The zero-order valence-corrected chi connectivity index (χ0v) is 9.36. The summed E-state index contributed by atoms with van der Waals surface area (Å²) in [6.45, 7) is 0. The van der Waals surface area contributed by atoms with Crippen molar-refractivity contribution in [2.75, 3.05) is 0 Å². The molecule has 0 atom stereocenters. The molecule has 4 N–H and O–H groups in total. The van der Waals surface area contributed by atoms with Crippen LogP contribution in [0.4, 0.5) is 0 Å². The normalized spacial score (nSPS) is 9.30. The molecule has 0 aromatic heterocycles. The molecule has 0 unspecified atom stereocenters. The van der Waals surface area contributed by atoms with Crippen LogP contribution in [0.5, 0.6) is 0 Å². The van der Waals surface area contributed by atoms with E-state index in [4.69, 9.17) is 29.7 Å². The van der Waals surface area contributed by atoms with Crippen molar-refractivity contribution in [2.24, 2.45) is 0 Å². The molecule has 0 aliphatic carbocycles. The molecule has 0 rings (SSSR count). The second-order valence-corrected chi connectivity index (χ2v) is 2.54. The quantitative estimate of drug-likeness (QED) is 0.250. The minimum atomic E-state index is -4.67. The van der Waals surface area contributed by atoms with Crippen molar-refractivity contribution in [1.82, 2.24) is 0 Å². The van der Waals surface area contributed by atoms with E-state index in [0.29, 0.717) is 0 Å². The number of hydrogen-bond acceptors (Lipinski definition) is 3. The van der Waals surface area contributed by atoms with Gasteiger partial charge in [-0.3, -0.25) is 9.11 Å². The zero-order valence-electron chi connectivity index (χ0n) is 5.83. The third-order valence-corrected chi connectivity index (χ3v) is 0. The summed E-state index contributed by atoms with van der Waals surface area (Å²) in [7, 11) is -4.67. The Bertz CT molecular complexity index is 161. The van der Waals surface area contributed by atoms with Gasteiger partial charge in [-0.15, -0.1) is 0 Å². The fraction of sp³-hybridized carbons (Fsp3) is 0. The van der Waals surface area contributed by atoms with Crippen molar-refractivity contribution in [3.8, 4) is 0 Å². The van der Waals surface area contributed by atoms with E-state index in [2.05, 4.69) is 0 Å². The zero-order chi connectivity index (χ0) is 8.08. The summed E-state index contributed by atoms with van der Waals surface area (Å²) in [4.78, 5) is 0. The third kappa shape index (κ3) is 487. The van der Waals surface area contributed by atoms with Gasteiger partial charge in [-0.1, -0.05) is 0 Å². The summed E-state index contributed by atoms with van der Waals surface area (Å²) >= 11 is -3.29. The largest absolute Gasteiger partial charge is 1.00 e. The Morgan fingerprint density at radius 2 is 1.20 bits per heavy atom. The SMILES string of the molecule is O=S(=O)(O)O.O=[Se](O)O.[H-].[Na+]. The van der Waals surface area contributed by atoms with Gasteiger partial charge in [0.2, 0.25) is 0 Å². The Morgan fingerprint density at radius 1 is 1.20 bits per heavy atom. The van der Waals surface area contributed by atoms with Gasteiger partial charge >= 0.3 is 66.7 Å². The third-order valence-electron chi connectivity index (χ3n) is 0. The van der Waals surface area contributed by atoms with Gasteiger partial charge in [0, 0.05) is 0 Å². The first-order valence-electron chi connectivity index (χ1n) is 1.23. The van der Waals surface area contributed by atoms with Crippen LogP contribution in [0.15, 0.2) is 0 Å². The average molecular weight is 251 g/mol. The molecule has 0 aliphatic heterocycles. The molecule has 0 heterocycles. The maximum Gasteiger partial charge on any atom is 1.00 e. The first-order chi connectivity index (χ1) is 3.73. The molecular weight excluding hydrogens is 246 g/mol. The van der Waals surface area contributed by atoms with E-state index in [1.54, 1.807) is 0 Å². The summed E-state index contributed by atoms with van der Waals surface area (Å²) in [5, 5.41) is 0. The van der Waals surface area contributed by atoms with Gasteiger partial charge < -0.3 is 1.43 Å². The summed E-state index contributed by atoms with van der Waals surface area (Å²) in [5.41, 5.74) is 0. The minimum absolute atomic E-state index is 0. The molecule has 7 nitrogen and oxygen atoms in total. The van der Waals surface area contributed by atoms with E-state index in [9.17, 15) is 0 Å². The summed E-state index contributed by atoms with van der Waals surface area (Å²) in [5.74, 6) is 0. The summed E-state index contributed by atoms with van der Waals surface area (Å²) in [6.07, 6.45) is 0. The predicted octanol–water partition coefficient (Wildman–Crippen LogP) is -5.15. The van der Waals surface area contributed by atoms with Crippen molar-refractivity contribution in [3.63, 3.8) is 0 Å². The van der Waals surface area contributed by atoms with Gasteiger partial charge in [0.15, 0.2) is 0 Å². The molecule has 0 saturated carbocycles. The van der Waals surface area contributed by atoms with Gasteiger partial charge in [0.05, 0.1) is 0 Å². The molecule has 0 aromatic rings. The van der Waals surface area contributed by atoms with Crippen molar-refractivity contribution in [3.05, 3.63) is 0 Å². The number of hydrogen-bond donors (Lipinski definition) is 4. The van der Waals surface area contributed by atoms with Gasteiger partial charge in [0.1, 0.15) is 0 Å². The molecular formula is H5NaO7SSe. The molecule has 10 heteroatoms. The van der Waals surface area contributed by atoms with Gasteiger partial charge in [-0.05, 0) is 0 Å². The van der Waals surface area contributed by atoms with Gasteiger partial charge in [0.25, 0.3) is 0 Å². The molecule has 0 aliphatic rings. The van der Waals surface area contributed by atoms with E-state index < -0.39 is 24.9 Å². The Labute approximate surface area is 85.1 Å².